The summed E-state index contributed by atoms with van der Waals surface area (Å²) >= 11 is 0. The molecule has 1 aliphatic rings. The first-order valence-electron chi connectivity index (χ1n) is 9.58. The van der Waals surface area contributed by atoms with E-state index in [0.717, 1.165) is 16.5 Å². The van der Waals surface area contributed by atoms with Gasteiger partial charge in [-0.15, -0.1) is 0 Å². The molecule has 0 spiro atoms. The minimum atomic E-state index is -1.01. The van der Waals surface area contributed by atoms with Crippen molar-refractivity contribution in [2.75, 3.05) is 37.7 Å². The number of amides is 1. The summed E-state index contributed by atoms with van der Waals surface area (Å²) in [4.78, 5) is 27.7. The standard InChI is InChI=1S/C23H22N2O4/c26-22(27)16-29-21-8-4-3-7-20(21)24-11-13-25(14-12-24)23(28)19-10-9-17-5-1-2-6-18(17)15-19/h1-10,15H,11-14,16H2,(H,26,27). The van der Waals surface area contributed by atoms with E-state index in [2.05, 4.69) is 4.90 Å². The summed E-state index contributed by atoms with van der Waals surface area (Å²) in [5.41, 5.74) is 1.55. The number of para-hydroxylation sites is 2. The van der Waals surface area contributed by atoms with Gasteiger partial charge in [-0.05, 0) is 35.0 Å². The Bertz CT molecular complexity index is 1040. The predicted octanol–water partition coefficient (Wildman–Crippen LogP) is 3.27. The second-order valence-electron chi connectivity index (χ2n) is 6.99. The zero-order valence-corrected chi connectivity index (χ0v) is 16.0. The third-order valence-electron chi connectivity index (χ3n) is 5.12. The number of nitrogens with zero attached hydrogens (tertiary/aromatic N) is 2. The molecule has 0 atom stereocenters. The van der Waals surface area contributed by atoms with Crippen molar-refractivity contribution in [2.45, 2.75) is 0 Å². The highest BCUT2D eigenvalue weighted by Gasteiger charge is 2.24. The van der Waals surface area contributed by atoms with Crippen LogP contribution in [0, 0.1) is 0 Å². The molecule has 3 aromatic carbocycles. The Kier molecular flexibility index (Phi) is 5.33. The monoisotopic (exact) mass is 390 g/mol. The van der Waals surface area contributed by atoms with Crippen molar-refractivity contribution >= 4 is 28.3 Å². The van der Waals surface area contributed by atoms with Crippen LogP contribution in [0.1, 0.15) is 10.4 Å². The van der Waals surface area contributed by atoms with Crippen molar-refractivity contribution in [3.63, 3.8) is 0 Å². The molecular formula is C23H22N2O4. The number of ether oxygens (including phenoxy) is 1. The molecule has 0 bridgehead atoms. The van der Waals surface area contributed by atoms with E-state index in [1.165, 1.54) is 0 Å². The smallest absolute Gasteiger partial charge is 0.341 e. The van der Waals surface area contributed by atoms with Crippen LogP contribution >= 0.6 is 0 Å². The minimum Gasteiger partial charge on any atom is -0.480 e. The lowest BCUT2D eigenvalue weighted by Gasteiger charge is -2.36. The summed E-state index contributed by atoms with van der Waals surface area (Å²) in [5.74, 6) is -0.430. The molecule has 29 heavy (non-hydrogen) atoms. The molecule has 1 heterocycles. The van der Waals surface area contributed by atoms with Crippen LogP contribution in [0.25, 0.3) is 10.8 Å². The number of carboxylic acid groups (broad SMARTS) is 1. The highest BCUT2D eigenvalue weighted by molar-refractivity contribution is 5.98. The Labute approximate surface area is 168 Å². The van der Waals surface area contributed by atoms with Gasteiger partial charge in [-0.3, -0.25) is 4.79 Å². The maximum atomic E-state index is 12.9. The maximum absolute atomic E-state index is 12.9. The average molecular weight is 390 g/mol. The quantitative estimate of drug-likeness (QED) is 0.724. The van der Waals surface area contributed by atoms with Crippen molar-refractivity contribution in [3.05, 3.63) is 72.3 Å². The lowest BCUT2D eigenvalue weighted by atomic mass is 10.1. The molecule has 3 aromatic rings. The molecule has 1 saturated heterocycles. The zero-order valence-electron chi connectivity index (χ0n) is 16.0. The summed E-state index contributed by atoms with van der Waals surface area (Å²) in [6.45, 7) is 2.13. The highest BCUT2D eigenvalue weighted by Crippen LogP contribution is 2.29. The Balaban J connectivity index is 1.44. The molecular weight excluding hydrogens is 368 g/mol. The molecule has 0 aliphatic carbocycles. The molecule has 6 heteroatoms. The number of carboxylic acids is 1. The molecule has 4 rings (SSSR count). The van der Waals surface area contributed by atoms with Crippen LogP contribution in [0.5, 0.6) is 5.75 Å². The van der Waals surface area contributed by atoms with Crippen LogP contribution in [0.4, 0.5) is 5.69 Å². The molecule has 0 unspecified atom stereocenters. The lowest BCUT2D eigenvalue weighted by molar-refractivity contribution is -0.139. The van der Waals surface area contributed by atoms with E-state index in [1.807, 2.05) is 65.6 Å². The fourth-order valence-corrected chi connectivity index (χ4v) is 3.64. The minimum absolute atomic E-state index is 0.0332. The Morgan fingerprint density at radius 2 is 1.55 bits per heavy atom. The van der Waals surface area contributed by atoms with Gasteiger partial charge in [0.2, 0.25) is 0 Å². The van der Waals surface area contributed by atoms with Gasteiger partial charge in [0.25, 0.3) is 5.91 Å². The van der Waals surface area contributed by atoms with Gasteiger partial charge in [0, 0.05) is 31.7 Å². The first-order valence-corrected chi connectivity index (χ1v) is 9.58. The van der Waals surface area contributed by atoms with Gasteiger partial charge in [0.05, 0.1) is 5.69 Å². The SMILES string of the molecule is O=C(O)COc1ccccc1N1CCN(C(=O)c2ccc3ccccc3c2)CC1. The number of fused-ring (bicyclic) bond motifs is 1. The van der Waals surface area contributed by atoms with Crippen LogP contribution in [0.15, 0.2) is 66.7 Å². The van der Waals surface area contributed by atoms with E-state index in [9.17, 15) is 9.59 Å². The summed E-state index contributed by atoms with van der Waals surface area (Å²) in [7, 11) is 0. The third-order valence-corrected chi connectivity index (χ3v) is 5.12. The number of rotatable bonds is 5. The van der Waals surface area contributed by atoms with Crippen LogP contribution in [-0.2, 0) is 4.79 Å². The molecule has 1 amide bonds. The van der Waals surface area contributed by atoms with Crippen LogP contribution in [0.3, 0.4) is 0 Å². The molecule has 0 radical (unpaired) electrons. The predicted molar refractivity (Wildman–Crippen MR) is 112 cm³/mol. The van der Waals surface area contributed by atoms with Gasteiger partial charge in [-0.2, -0.15) is 0 Å². The molecule has 0 aromatic heterocycles. The largest absolute Gasteiger partial charge is 0.480 e. The summed E-state index contributed by atoms with van der Waals surface area (Å²) in [6, 6.07) is 21.2. The normalized spacial score (nSPS) is 14.1. The number of carbonyl (C=O) groups excluding carboxylic acids is 1. The van der Waals surface area contributed by atoms with Gasteiger partial charge >= 0.3 is 5.97 Å². The fourth-order valence-electron chi connectivity index (χ4n) is 3.64. The molecule has 1 aliphatic heterocycles. The van der Waals surface area contributed by atoms with E-state index >= 15 is 0 Å². The zero-order chi connectivity index (χ0) is 20.2. The maximum Gasteiger partial charge on any atom is 0.341 e. The number of anilines is 1. The topological polar surface area (TPSA) is 70.1 Å². The second-order valence-corrected chi connectivity index (χ2v) is 6.99. The average Bonchev–Trinajstić information content (AvgIpc) is 2.77. The van der Waals surface area contributed by atoms with Gasteiger partial charge in [0.1, 0.15) is 5.75 Å². The number of carbonyl (C=O) groups is 2. The molecule has 0 saturated carbocycles. The fraction of sp³-hybridized carbons (Fsp3) is 0.217. The lowest BCUT2D eigenvalue weighted by Crippen LogP contribution is -2.48. The van der Waals surface area contributed by atoms with Crippen molar-refractivity contribution < 1.29 is 19.4 Å². The van der Waals surface area contributed by atoms with Crippen molar-refractivity contribution in [1.29, 1.82) is 0 Å². The number of piperazine rings is 1. The highest BCUT2D eigenvalue weighted by atomic mass is 16.5. The van der Waals surface area contributed by atoms with Gasteiger partial charge in [-0.1, -0.05) is 42.5 Å². The van der Waals surface area contributed by atoms with Gasteiger partial charge in [0.15, 0.2) is 6.61 Å². The molecule has 1 fully saturated rings. The van der Waals surface area contributed by atoms with Crippen LogP contribution < -0.4 is 9.64 Å². The number of hydrogen-bond donors (Lipinski definition) is 1. The number of hydrogen-bond acceptors (Lipinski definition) is 4. The van der Waals surface area contributed by atoms with Crippen molar-refractivity contribution in [3.8, 4) is 5.75 Å². The molecule has 6 nitrogen and oxygen atoms in total. The number of benzene rings is 3. The van der Waals surface area contributed by atoms with E-state index in [1.54, 1.807) is 6.07 Å². The first kappa shape index (κ1) is 18.8. The Morgan fingerprint density at radius 3 is 2.31 bits per heavy atom. The summed E-state index contributed by atoms with van der Waals surface area (Å²) in [5, 5.41) is 11.0. The summed E-state index contributed by atoms with van der Waals surface area (Å²) < 4.78 is 5.41. The second kappa shape index (κ2) is 8.22. The summed E-state index contributed by atoms with van der Waals surface area (Å²) in [6.07, 6.45) is 0. The molecule has 148 valence electrons. The molecule has 1 N–H and O–H groups in total. The van der Waals surface area contributed by atoms with Crippen LogP contribution in [0.2, 0.25) is 0 Å². The third kappa shape index (κ3) is 4.16. The van der Waals surface area contributed by atoms with Gasteiger partial charge in [-0.25, -0.2) is 4.79 Å². The van der Waals surface area contributed by atoms with E-state index in [0.29, 0.717) is 37.5 Å². The van der Waals surface area contributed by atoms with Crippen molar-refractivity contribution in [2.24, 2.45) is 0 Å². The van der Waals surface area contributed by atoms with Gasteiger partial charge < -0.3 is 19.6 Å². The van der Waals surface area contributed by atoms with E-state index in [4.69, 9.17) is 9.84 Å². The van der Waals surface area contributed by atoms with Crippen LogP contribution in [-0.4, -0.2) is 54.7 Å². The Hall–Kier alpha value is -3.54. The number of aliphatic carboxylic acids is 1. The first-order chi connectivity index (χ1) is 14.1. The van der Waals surface area contributed by atoms with E-state index < -0.39 is 5.97 Å². The Morgan fingerprint density at radius 1 is 0.862 bits per heavy atom. The van der Waals surface area contributed by atoms with E-state index in [-0.39, 0.29) is 12.5 Å². The van der Waals surface area contributed by atoms with Crippen molar-refractivity contribution in [1.82, 2.24) is 4.90 Å².